The summed E-state index contributed by atoms with van der Waals surface area (Å²) in [4.78, 5) is 11.5. The van der Waals surface area contributed by atoms with Crippen LogP contribution in [-0.4, -0.2) is 23.0 Å². The zero-order valence-corrected chi connectivity index (χ0v) is 12.4. The minimum absolute atomic E-state index is 0.401. The third-order valence-electron chi connectivity index (χ3n) is 4.22. The molecule has 1 aromatic carbocycles. The topological polar surface area (TPSA) is 33.7 Å². The summed E-state index contributed by atoms with van der Waals surface area (Å²) in [6.45, 7) is 8.97. The second-order valence-corrected chi connectivity index (χ2v) is 6.21. The van der Waals surface area contributed by atoms with Crippen LogP contribution in [0.15, 0.2) is 18.2 Å². The van der Waals surface area contributed by atoms with Crippen LogP contribution in [0.25, 0.3) is 0 Å². The monoisotopic (exact) mass is 272 g/mol. The molecule has 0 aromatic heterocycles. The SMILES string of the molecule is CC1(C)ON(C#Cc2cccc3c2CCN3)OC1(C)C. The summed E-state index contributed by atoms with van der Waals surface area (Å²) in [6.07, 6.45) is 1.01. The van der Waals surface area contributed by atoms with Crippen LogP contribution >= 0.6 is 0 Å². The summed E-state index contributed by atoms with van der Waals surface area (Å²) in [5.74, 6) is 3.15. The number of anilines is 1. The molecule has 0 saturated carbocycles. The van der Waals surface area contributed by atoms with Gasteiger partial charge >= 0.3 is 0 Å². The van der Waals surface area contributed by atoms with E-state index in [0.717, 1.165) is 18.5 Å². The van der Waals surface area contributed by atoms with E-state index in [-0.39, 0.29) is 0 Å². The van der Waals surface area contributed by atoms with Gasteiger partial charge < -0.3 is 5.32 Å². The summed E-state index contributed by atoms with van der Waals surface area (Å²) in [5.41, 5.74) is 2.68. The lowest BCUT2D eigenvalue weighted by atomic mass is 9.90. The fraction of sp³-hybridized carbons (Fsp3) is 0.500. The molecule has 106 valence electrons. The molecule has 0 unspecified atom stereocenters. The van der Waals surface area contributed by atoms with Gasteiger partial charge in [-0.25, -0.2) is 9.68 Å². The third-order valence-corrected chi connectivity index (χ3v) is 4.22. The fourth-order valence-corrected chi connectivity index (χ4v) is 2.27. The van der Waals surface area contributed by atoms with E-state index in [1.807, 2.05) is 39.8 Å². The van der Waals surface area contributed by atoms with E-state index in [1.165, 1.54) is 16.5 Å². The minimum atomic E-state index is -0.401. The molecule has 0 bridgehead atoms. The molecule has 1 fully saturated rings. The Bertz CT molecular complexity index is 580. The number of rotatable bonds is 0. The van der Waals surface area contributed by atoms with Crippen molar-refractivity contribution >= 4 is 5.69 Å². The van der Waals surface area contributed by atoms with Crippen molar-refractivity contribution < 1.29 is 9.68 Å². The highest BCUT2D eigenvalue weighted by Crippen LogP contribution is 2.36. The van der Waals surface area contributed by atoms with Gasteiger partial charge in [-0.1, -0.05) is 11.3 Å². The van der Waals surface area contributed by atoms with Gasteiger partial charge in [0.1, 0.15) is 11.2 Å². The number of hydrogen-bond acceptors (Lipinski definition) is 4. The van der Waals surface area contributed by atoms with Gasteiger partial charge in [0.2, 0.25) is 0 Å². The molecule has 2 aliphatic rings. The summed E-state index contributed by atoms with van der Waals surface area (Å²) in [6, 6.07) is 9.08. The van der Waals surface area contributed by atoms with Crippen LogP contribution in [0.5, 0.6) is 0 Å². The van der Waals surface area contributed by atoms with Crippen molar-refractivity contribution in [3.8, 4) is 12.0 Å². The zero-order valence-electron chi connectivity index (χ0n) is 12.4. The van der Waals surface area contributed by atoms with Crippen molar-refractivity contribution in [2.24, 2.45) is 0 Å². The summed E-state index contributed by atoms with van der Waals surface area (Å²) in [5, 5.41) is 4.64. The molecule has 0 atom stereocenters. The maximum atomic E-state index is 5.73. The van der Waals surface area contributed by atoms with Crippen LogP contribution < -0.4 is 5.32 Å². The second-order valence-electron chi connectivity index (χ2n) is 6.21. The van der Waals surface area contributed by atoms with E-state index in [1.54, 1.807) is 0 Å². The smallest absolute Gasteiger partial charge is 0.125 e. The van der Waals surface area contributed by atoms with Crippen molar-refractivity contribution in [2.75, 3.05) is 11.9 Å². The number of nitrogens with zero attached hydrogens (tertiary/aromatic N) is 1. The van der Waals surface area contributed by atoms with Gasteiger partial charge in [0, 0.05) is 17.8 Å². The third kappa shape index (κ3) is 2.13. The van der Waals surface area contributed by atoms with Crippen LogP contribution in [0.1, 0.15) is 38.8 Å². The molecule has 2 aliphatic heterocycles. The average molecular weight is 272 g/mol. The molecule has 0 aliphatic carbocycles. The first-order valence-corrected chi connectivity index (χ1v) is 6.95. The lowest BCUT2D eigenvalue weighted by Gasteiger charge is -2.26. The van der Waals surface area contributed by atoms with E-state index in [0.29, 0.717) is 0 Å². The Morgan fingerprint density at radius 2 is 1.85 bits per heavy atom. The Hall–Kier alpha value is -1.70. The van der Waals surface area contributed by atoms with Gasteiger partial charge in [0.15, 0.2) is 0 Å². The van der Waals surface area contributed by atoms with Gasteiger partial charge in [-0.3, -0.25) is 0 Å². The maximum absolute atomic E-state index is 5.73. The highest BCUT2D eigenvalue weighted by molar-refractivity contribution is 5.62. The Morgan fingerprint density at radius 3 is 2.55 bits per heavy atom. The Labute approximate surface area is 120 Å². The number of nitrogens with one attached hydrogen (secondary N) is 1. The Morgan fingerprint density at radius 1 is 1.15 bits per heavy atom. The molecule has 4 nitrogen and oxygen atoms in total. The molecule has 0 radical (unpaired) electrons. The predicted molar refractivity (Wildman–Crippen MR) is 77.7 cm³/mol. The quantitative estimate of drug-likeness (QED) is 0.736. The second kappa shape index (κ2) is 4.41. The zero-order chi connectivity index (χ0) is 14.4. The first-order valence-electron chi connectivity index (χ1n) is 6.95. The van der Waals surface area contributed by atoms with Crippen LogP contribution in [0.2, 0.25) is 0 Å². The van der Waals surface area contributed by atoms with Gasteiger partial charge in [-0.05, 0) is 57.7 Å². The molecule has 1 N–H and O–H groups in total. The first-order chi connectivity index (χ1) is 9.39. The van der Waals surface area contributed by atoms with Crippen LogP contribution in [-0.2, 0) is 16.1 Å². The molecule has 1 saturated heterocycles. The van der Waals surface area contributed by atoms with Crippen molar-refractivity contribution in [1.82, 2.24) is 5.23 Å². The molecule has 4 heteroatoms. The summed E-state index contributed by atoms with van der Waals surface area (Å²) in [7, 11) is 0. The normalized spacial score (nSPS) is 21.9. The number of hydrogen-bond donors (Lipinski definition) is 1. The molecule has 0 amide bonds. The molecule has 20 heavy (non-hydrogen) atoms. The van der Waals surface area contributed by atoms with Crippen LogP contribution in [0, 0.1) is 12.0 Å². The molecular formula is C16H20N2O2. The van der Waals surface area contributed by atoms with Gasteiger partial charge in [0.05, 0.1) is 6.04 Å². The Balaban J connectivity index is 1.83. The van der Waals surface area contributed by atoms with Crippen molar-refractivity contribution in [1.29, 1.82) is 0 Å². The number of benzene rings is 1. The van der Waals surface area contributed by atoms with Gasteiger partial charge in [-0.15, -0.1) is 0 Å². The number of fused-ring (bicyclic) bond motifs is 1. The minimum Gasteiger partial charge on any atom is -0.384 e. The molecule has 3 rings (SSSR count). The van der Waals surface area contributed by atoms with Gasteiger partial charge in [-0.2, -0.15) is 0 Å². The van der Waals surface area contributed by atoms with Crippen molar-refractivity contribution in [3.05, 3.63) is 29.3 Å². The standard InChI is InChI=1S/C16H20N2O2/c1-15(2)16(3,4)20-18(19-15)11-9-12-6-5-7-14-13(12)8-10-17-14/h5-7,17H,8,10H2,1-4H3. The van der Waals surface area contributed by atoms with E-state index in [2.05, 4.69) is 23.3 Å². The van der Waals surface area contributed by atoms with Gasteiger partial charge in [0.25, 0.3) is 0 Å². The largest absolute Gasteiger partial charge is 0.384 e. The highest BCUT2D eigenvalue weighted by atomic mass is 17.0. The van der Waals surface area contributed by atoms with E-state index < -0.39 is 11.2 Å². The van der Waals surface area contributed by atoms with E-state index >= 15 is 0 Å². The number of hydroxylamine groups is 2. The summed E-state index contributed by atoms with van der Waals surface area (Å²) < 4.78 is 0. The van der Waals surface area contributed by atoms with E-state index in [9.17, 15) is 0 Å². The maximum Gasteiger partial charge on any atom is 0.125 e. The first kappa shape index (κ1) is 13.3. The molecular weight excluding hydrogens is 252 g/mol. The van der Waals surface area contributed by atoms with E-state index in [4.69, 9.17) is 9.68 Å². The fourth-order valence-electron chi connectivity index (χ4n) is 2.27. The predicted octanol–water partition coefficient (Wildman–Crippen LogP) is 2.70. The lowest BCUT2D eigenvalue weighted by Crippen LogP contribution is -2.41. The molecule has 0 spiro atoms. The van der Waals surface area contributed by atoms with Crippen molar-refractivity contribution in [3.63, 3.8) is 0 Å². The summed E-state index contributed by atoms with van der Waals surface area (Å²) >= 11 is 0. The van der Waals surface area contributed by atoms with Crippen LogP contribution in [0.4, 0.5) is 5.69 Å². The van der Waals surface area contributed by atoms with Crippen molar-refractivity contribution in [2.45, 2.75) is 45.3 Å². The Kier molecular flexibility index (Phi) is 2.93. The van der Waals surface area contributed by atoms with Crippen LogP contribution in [0.3, 0.4) is 0 Å². The molecule has 1 aromatic rings. The average Bonchev–Trinajstić information content (AvgIpc) is 2.90. The highest BCUT2D eigenvalue weighted by Gasteiger charge is 2.49. The lowest BCUT2D eigenvalue weighted by molar-refractivity contribution is -0.282. The molecule has 2 heterocycles.